The fourth-order valence-electron chi connectivity index (χ4n) is 1.49. The van der Waals surface area contributed by atoms with Gasteiger partial charge in [-0.1, -0.05) is 0 Å². The van der Waals surface area contributed by atoms with E-state index in [1.165, 1.54) is 6.08 Å². The molecule has 0 amide bonds. The highest BCUT2D eigenvalue weighted by Gasteiger charge is 2.17. The van der Waals surface area contributed by atoms with E-state index in [1.807, 2.05) is 0 Å². The van der Waals surface area contributed by atoms with E-state index >= 15 is 0 Å². The molecule has 0 spiro atoms. The van der Waals surface area contributed by atoms with Crippen molar-refractivity contribution in [1.29, 1.82) is 0 Å². The van der Waals surface area contributed by atoms with E-state index in [2.05, 4.69) is 10.1 Å². The third-order valence-electron chi connectivity index (χ3n) is 2.11. The summed E-state index contributed by atoms with van der Waals surface area (Å²) in [6.07, 6.45) is 6.56. The zero-order valence-corrected chi connectivity index (χ0v) is 6.64. The molecular weight excluding hydrogens is 166 g/mol. The number of fused-ring (bicyclic) bond motifs is 3. The monoisotopic (exact) mass is 171 g/mol. The van der Waals surface area contributed by atoms with E-state index in [1.54, 1.807) is 29.1 Å². The average molecular weight is 171 g/mol. The summed E-state index contributed by atoms with van der Waals surface area (Å²) in [6, 6.07) is 1.80. The molecule has 0 bridgehead atoms. The first kappa shape index (κ1) is 6.54. The quantitative estimate of drug-likeness (QED) is 0.592. The predicted molar refractivity (Wildman–Crippen MR) is 46.4 cm³/mol. The number of rotatable bonds is 0. The molecule has 1 aliphatic carbocycles. The summed E-state index contributed by atoms with van der Waals surface area (Å²) in [5.41, 5.74) is 2.20. The second-order valence-electron chi connectivity index (χ2n) is 2.86. The van der Waals surface area contributed by atoms with Crippen LogP contribution in [0, 0.1) is 0 Å². The molecule has 2 heterocycles. The van der Waals surface area contributed by atoms with Crippen LogP contribution in [-0.2, 0) is 0 Å². The number of hydrogen-bond donors (Lipinski definition) is 0. The van der Waals surface area contributed by atoms with Gasteiger partial charge in [0.15, 0.2) is 11.4 Å². The first-order valence-corrected chi connectivity index (χ1v) is 3.91. The molecule has 0 radical (unpaired) electrons. The summed E-state index contributed by atoms with van der Waals surface area (Å²) in [6.45, 7) is 0. The van der Waals surface area contributed by atoms with Crippen molar-refractivity contribution in [2.45, 2.75) is 0 Å². The molecule has 0 saturated heterocycles. The number of ketones is 1. The highest BCUT2D eigenvalue weighted by molar-refractivity contribution is 6.13. The van der Waals surface area contributed by atoms with Gasteiger partial charge in [-0.25, -0.2) is 9.50 Å². The summed E-state index contributed by atoms with van der Waals surface area (Å²) in [7, 11) is 0. The van der Waals surface area contributed by atoms with Crippen LogP contribution in [0.4, 0.5) is 0 Å². The van der Waals surface area contributed by atoms with Crippen molar-refractivity contribution < 1.29 is 4.79 Å². The first-order valence-electron chi connectivity index (χ1n) is 3.91. The van der Waals surface area contributed by atoms with Crippen molar-refractivity contribution >= 4 is 17.5 Å². The minimum atomic E-state index is -0.0000926. The molecule has 2 aromatic heterocycles. The van der Waals surface area contributed by atoms with Gasteiger partial charge < -0.3 is 0 Å². The molecule has 0 aliphatic heterocycles. The van der Waals surface area contributed by atoms with Crippen LogP contribution in [0.3, 0.4) is 0 Å². The lowest BCUT2D eigenvalue weighted by Gasteiger charge is -1.98. The van der Waals surface area contributed by atoms with Crippen LogP contribution in [0.25, 0.3) is 11.7 Å². The molecule has 2 aromatic rings. The molecule has 0 fully saturated rings. The molecule has 0 N–H and O–H groups in total. The first-order chi connectivity index (χ1) is 6.36. The lowest BCUT2D eigenvalue weighted by Crippen LogP contribution is -2.00. The van der Waals surface area contributed by atoms with Gasteiger partial charge in [0.25, 0.3) is 0 Å². The third-order valence-corrected chi connectivity index (χ3v) is 2.11. The Bertz CT molecular complexity index is 539. The molecule has 4 heteroatoms. The van der Waals surface area contributed by atoms with E-state index in [0.717, 1.165) is 11.3 Å². The van der Waals surface area contributed by atoms with Crippen LogP contribution in [0.5, 0.6) is 0 Å². The normalized spacial score (nSPS) is 14.0. The molecule has 0 saturated carbocycles. The van der Waals surface area contributed by atoms with Gasteiger partial charge in [0.05, 0.1) is 17.5 Å². The van der Waals surface area contributed by atoms with Gasteiger partial charge in [0.2, 0.25) is 0 Å². The Hall–Kier alpha value is -1.97. The van der Waals surface area contributed by atoms with Gasteiger partial charge in [0, 0.05) is 12.3 Å². The Morgan fingerprint density at radius 3 is 3.15 bits per heavy atom. The fraction of sp³-hybridized carbons (Fsp3) is 0. The Morgan fingerprint density at radius 1 is 1.31 bits per heavy atom. The molecule has 3 rings (SSSR count). The fourth-order valence-corrected chi connectivity index (χ4v) is 1.49. The van der Waals surface area contributed by atoms with E-state index < -0.39 is 0 Å². The van der Waals surface area contributed by atoms with E-state index in [9.17, 15) is 4.79 Å². The zero-order valence-electron chi connectivity index (χ0n) is 6.64. The minimum absolute atomic E-state index is 0.0000926. The van der Waals surface area contributed by atoms with Gasteiger partial charge in [0.1, 0.15) is 0 Å². The summed E-state index contributed by atoms with van der Waals surface area (Å²) in [5.74, 6) is -0.0000926. The van der Waals surface area contributed by atoms with Crippen LogP contribution in [0.15, 0.2) is 24.5 Å². The molecular formula is C9H5N3O. The maximum absolute atomic E-state index is 11.3. The van der Waals surface area contributed by atoms with Crippen molar-refractivity contribution in [2.75, 3.05) is 0 Å². The number of hydrogen-bond acceptors (Lipinski definition) is 3. The predicted octanol–water partition coefficient (Wildman–Crippen LogP) is 0.939. The van der Waals surface area contributed by atoms with Crippen LogP contribution < -0.4 is 0 Å². The standard InChI is InChI=1S/C9H5N3O/c13-8-2-1-7-6(8)5-10-9-3-4-11-12(7)9/h1-5H. The second kappa shape index (κ2) is 2.04. The molecule has 1 aliphatic rings. The lowest BCUT2D eigenvalue weighted by atomic mass is 10.2. The Labute approximate surface area is 73.5 Å². The van der Waals surface area contributed by atoms with Gasteiger partial charge >= 0.3 is 0 Å². The maximum atomic E-state index is 11.3. The minimum Gasteiger partial charge on any atom is -0.289 e. The molecule has 0 aromatic carbocycles. The van der Waals surface area contributed by atoms with Crippen LogP contribution in [0.1, 0.15) is 16.1 Å². The molecule has 4 nitrogen and oxygen atoms in total. The van der Waals surface area contributed by atoms with Crippen molar-refractivity contribution in [2.24, 2.45) is 0 Å². The van der Waals surface area contributed by atoms with Crippen molar-refractivity contribution in [3.05, 3.63) is 35.8 Å². The van der Waals surface area contributed by atoms with Gasteiger partial charge in [-0.3, -0.25) is 4.79 Å². The van der Waals surface area contributed by atoms with E-state index in [4.69, 9.17) is 0 Å². The number of aromatic nitrogens is 3. The Kier molecular flexibility index (Phi) is 1.02. The van der Waals surface area contributed by atoms with Crippen LogP contribution in [0.2, 0.25) is 0 Å². The summed E-state index contributed by atoms with van der Waals surface area (Å²) >= 11 is 0. The van der Waals surface area contributed by atoms with E-state index in [-0.39, 0.29) is 5.78 Å². The lowest BCUT2D eigenvalue weighted by molar-refractivity contribution is 0.104. The highest BCUT2D eigenvalue weighted by atomic mass is 16.1. The van der Waals surface area contributed by atoms with Crippen molar-refractivity contribution in [1.82, 2.24) is 14.6 Å². The van der Waals surface area contributed by atoms with E-state index in [0.29, 0.717) is 5.56 Å². The molecule has 13 heavy (non-hydrogen) atoms. The Morgan fingerprint density at radius 2 is 2.23 bits per heavy atom. The summed E-state index contributed by atoms with van der Waals surface area (Å²) < 4.78 is 1.66. The topological polar surface area (TPSA) is 47.3 Å². The van der Waals surface area contributed by atoms with Crippen LogP contribution >= 0.6 is 0 Å². The largest absolute Gasteiger partial charge is 0.289 e. The zero-order chi connectivity index (χ0) is 8.84. The van der Waals surface area contributed by atoms with Crippen molar-refractivity contribution in [3.63, 3.8) is 0 Å². The molecule has 0 atom stereocenters. The molecule has 62 valence electrons. The number of carbonyl (C=O) groups is 1. The second-order valence-corrected chi connectivity index (χ2v) is 2.86. The summed E-state index contributed by atoms with van der Waals surface area (Å²) in [4.78, 5) is 15.4. The number of carbonyl (C=O) groups excluding carboxylic acids is 1. The van der Waals surface area contributed by atoms with Crippen LogP contribution in [-0.4, -0.2) is 20.4 Å². The highest BCUT2D eigenvalue weighted by Crippen LogP contribution is 2.18. The van der Waals surface area contributed by atoms with Gasteiger partial charge in [-0.05, 0) is 12.2 Å². The van der Waals surface area contributed by atoms with Crippen molar-refractivity contribution in [3.8, 4) is 0 Å². The van der Waals surface area contributed by atoms with Gasteiger partial charge in [-0.15, -0.1) is 0 Å². The SMILES string of the molecule is O=C1C=Cc2c1cnc1ccnn21. The maximum Gasteiger partial charge on any atom is 0.189 e. The van der Waals surface area contributed by atoms with Gasteiger partial charge in [-0.2, -0.15) is 5.10 Å². The Balaban J connectivity index is 2.52. The number of allylic oxidation sites excluding steroid dienone is 1. The smallest absolute Gasteiger partial charge is 0.189 e. The molecule has 0 unspecified atom stereocenters. The number of nitrogens with zero attached hydrogens (tertiary/aromatic N) is 3. The summed E-state index contributed by atoms with van der Waals surface area (Å²) in [5, 5.41) is 4.08. The average Bonchev–Trinajstić information content (AvgIpc) is 2.70. The third kappa shape index (κ3) is 0.717.